The molecule has 1 aliphatic rings. The maximum atomic E-state index is 13.9. The predicted octanol–water partition coefficient (Wildman–Crippen LogP) is 2.99. The fraction of sp³-hybridized carbons (Fsp3) is 0.240. The number of methoxy groups -OCH3 is 1. The summed E-state index contributed by atoms with van der Waals surface area (Å²) in [5.74, 6) is -3.95. The highest BCUT2D eigenvalue weighted by Gasteiger charge is 2.30. The van der Waals surface area contributed by atoms with E-state index >= 15 is 0 Å². The minimum absolute atomic E-state index is 0.0303. The van der Waals surface area contributed by atoms with Gasteiger partial charge in [-0.05, 0) is 31.8 Å². The van der Waals surface area contributed by atoms with Crippen LogP contribution in [-0.2, 0) is 4.79 Å². The third kappa shape index (κ3) is 3.98. The molecule has 180 valence electrons. The van der Waals surface area contributed by atoms with Crippen molar-refractivity contribution in [1.29, 1.82) is 0 Å². The SMILES string of the molecule is [2H]C([2H])([2H])Oc1cnc(-n2cnc(C)n2)c2[nH]cc(C(=O)C(=O)N3C([2H])([2H])C([2H])([2H])C(=C([N+]#[C-])c4ccccn4)C([2H])([2H])C3([2H])[2H])c12. The van der Waals surface area contributed by atoms with Crippen LogP contribution in [0.5, 0.6) is 5.75 Å². The van der Waals surface area contributed by atoms with Gasteiger partial charge in [-0.15, -0.1) is 0 Å². The van der Waals surface area contributed by atoms with Gasteiger partial charge < -0.3 is 14.6 Å². The Morgan fingerprint density at radius 1 is 1.25 bits per heavy atom. The van der Waals surface area contributed by atoms with Crippen LogP contribution >= 0.6 is 0 Å². The minimum Gasteiger partial charge on any atom is -0.494 e. The highest BCUT2D eigenvalue weighted by molar-refractivity contribution is 6.45. The maximum Gasteiger partial charge on any atom is 0.295 e. The number of pyridine rings is 2. The number of piperidine rings is 1. The van der Waals surface area contributed by atoms with Crippen LogP contribution in [0.15, 0.2) is 48.7 Å². The Kier molecular flexibility index (Phi) is 3.48. The van der Waals surface area contributed by atoms with E-state index in [1.54, 1.807) is 6.92 Å². The standard InChI is InChI=1S/C25H22N8O3/c1-15-30-14-33(31-15)24-22-20(19(36-3)13-29-24)17(12-28-22)23(34)25(35)32-10-7-16(8-11-32)21(26-2)18-6-4-5-9-27-18/h4-6,9,12-14,28H,7-8,10-11H2,1,3H3/i3D3,7D2,8D2,10D2,11D2. The van der Waals surface area contributed by atoms with Crippen molar-refractivity contribution in [2.75, 3.05) is 20.0 Å². The lowest BCUT2D eigenvalue weighted by Crippen LogP contribution is -2.40. The van der Waals surface area contributed by atoms with Gasteiger partial charge in [-0.1, -0.05) is 11.6 Å². The van der Waals surface area contributed by atoms with Crippen LogP contribution in [0.25, 0.3) is 27.3 Å². The lowest BCUT2D eigenvalue weighted by Gasteiger charge is -2.28. The number of carbonyl (C=O) groups excluding carboxylic acids is 2. The summed E-state index contributed by atoms with van der Waals surface area (Å²) >= 11 is 0. The summed E-state index contributed by atoms with van der Waals surface area (Å²) in [7, 11) is -3.08. The van der Waals surface area contributed by atoms with Crippen molar-refractivity contribution >= 4 is 28.3 Å². The van der Waals surface area contributed by atoms with Gasteiger partial charge in [0.15, 0.2) is 5.82 Å². The molecule has 36 heavy (non-hydrogen) atoms. The molecule has 0 unspecified atom stereocenters. The van der Waals surface area contributed by atoms with Gasteiger partial charge in [-0.2, -0.15) is 5.10 Å². The molecular weight excluding hydrogens is 460 g/mol. The average molecular weight is 494 g/mol. The quantitative estimate of drug-likeness (QED) is 0.258. The highest BCUT2D eigenvalue weighted by Crippen LogP contribution is 2.32. The first-order valence-electron chi connectivity index (χ1n) is 15.7. The summed E-state index contributed by atoms with van der Waals surface area (Å²) < 4.78 is 98.1. The Bertz CT molecular complexity index is 1970. The second-order valence-corrected chi connectivity index (χ2v) is 7.23. The number of hydrogen-bond donors (Lipinski definition) is 1. The number of aromatic nitrogens is 6. The molecule has 1 N–H and O–H groups in total. The Morgan fingerprint density at radius 2 is 2.08 bits per heavy atom. The number of amides is 1. The van der Waals surface area contributed by atoms with E-state index in [2.05, 4.69) is 29.9 Å². The summed E-state index contributed by atoms with van der Waals surface area (Å²) in [5.41, 5.74) is -3.11. The first-order valence-corrected chi connectivity index (χ1v) is 10.2. The summed E-state index contributed by atoms with van der Waals surface area (Å²) in [6, 6.07) is 4.07. The molecule has 5 heterocycles. The molecule has 11 heteroatoms. The fourth-order valence-electron chi connectivity index (χ4n) is 3.45. The summed E-state index contributed by atoms with van der Waals surface area (Å²) in [6.45, 7) is 1.62. The van der Waals surface area contributed by atoms with E-state index in [9.17, 15) is 9.59 Å². The van der Waals surface area contributed by atoms with Crippen LogP contribution in [0.2, 0.25) is 0 Å². The van der Waals surface area contributed by atoms with Gasteiger partial charge in [-0.3, -0.25) is 14.6 Å². The molecule has 1 aliphatic heterocycles. The van der Waals surface area contributed by atoms with Crippen LogP contribution in [0.4, 0.5) is 0 Å². The second-order valence-electron chi connectivity index (χ2n) is 7.23. The number of aromatic amines is 1. The highest BCUT2D eigenvalue weighted by atomic mass is 16.5. The molecule has 4 aromatic heterocycles. The van der Waals surface area contributed by atoms with Crippen LogP contribution < -0.4 is 4.74 Å². The minimum atomic E-state index is -3.79. The molecule has 0 atom stereocenters. The lowest BCUT2D eigenvalue weighted by molar-refractivity contribution is -0.126. The lowest BCUT2D eigenvalue weighted by atomic mass is 9.99. The first kappa shape index (κ1) is 13.3. The van der Waals surface area contributed by atoms with Gasteiger partial charge in [0.2, 0.25) is 5.70 Å². The molecular formula is C25H22N8O3. The van der Waals surface area contributed by atoms with Crippen molar-refractivity contribution in [3.05, 3.63) is 77.2 Å². The number of carbonyl (C=O) groups is 2. The number of fused-ring (bicyclic) bond motifs is 1. The molecule has 0 bridgehead atoms. The molecule has 5 rings (SSSR count). The molecule has 1 amide bonds. The number of ketones is 1. The Balaban J connectivity index is 1.70. The van der Waals surface area contributed by atoms with Crippen molar-refractivity contribution in [3.8, 4) is 11.6 Å². The number of nitrogens with zero attached hydrogens (tertiary/aromatic N) is 7. The predicted molar refractivity (Wildman–Crippen MR) is 130 cm³/mol. The topological polar surface area (TPSA) is 123 Å². The van der Waals surface area contributed by atoms with Crippen LogP contribution in [-0.4, -0.2) is 66.3 Å². The number of H-pyrrole nitrogens is 1. The van der Waals surface area contributed by atoms with E-state index in [0.29, 0.717) is 5.82 Å². The molecule has 1 fully saturated rings. The van der Waals surface area contributed by atoms with Gasteiger partial charge in [0.25, 0.3) is 11.7 Å². The Labute approximate surface area is 221 Å². The zero-order valence-electron chi connectivity index (χ0n) is 29.4. The van der Waals surface area contributed by atoms with Crippen molar-refractivity contribution in [1.82, 2.24) is 34.6 Å². The molecule has 0 aliphatic carbocycles. The summed E-state index contributed by atoms with van der Waals surface area (Å²) in [5, 5.41) is 3.76. The molecule has 1 saturated heterocycles. The van der Waals surface area contributed by atoms with Crippen molar-refractivity contribution in [2.24, 2.45) is 0 Å². The number of rotatable bonds is 5. The monoisotopic (exact) mass is 493 g/mol. The number of Topliss-reactive ketones (excluding diaryl/α,β-unsaturated/α-hetero) is 1. The average Bonchev–Trinajstić information content (AvgIpc) is 3.61. The Morgan fingerprint density at radius 3 is 2.75 bits per heavy atom. The third-order valence-electron chi connectivity index (χ3n) is 5.07. The fourth-order valence-corrected chi connectivity index (χ4v) is 3.45. The molecule has 0 aromatic carbocycles. The van der Waals surface area contributed by atoms with E-state index in [1.807, 2.05) is 0 Å². The smallest absolute Gasteiger partial charge is 0.295 e. The number of hydrogen-bond acceptors (Lipinski definition) is 7. The Hall–Kier alpha value is -4.85. The maximum absolute atomic E-state index is 13.9. The normalized spacial score (nSPS) is 23.9. The summed E-state index contributed by atoms with van der Waals surface area (Å²) in [4.78, 5) is 45.1. The van der Waals surface area contributed by atoms with Gasteiger partial charge in [-0.25, -0.2) is 19.5 Å². The number of likely N-dealkylation sites (tertiary alicyclic amines) is 1. The van der Waals surface area contributed by atoms with E-state index in [-0.39, 0.29) is 22.4 Å². The summed E-state index contributed by atoms with van der Waals surface area (Å²) in [6.07, 6.45) is -2.89. The van der Waals surface area contributed by atoms with Crippen LogP contribution in [0.1, 0.15) is 49.7 Å². The molecule has 4 aromatic rings. The zero-order chi connectivity index (χ0) is 34.9. The van der Waals surface area contributed by atoms with E-state index in [4.69, 9.17) is 26.4 Å². The van der Waals surface area contributed by atoms with Crippen LogP contribution in [0, 0.1) is 13.5 Å². The zero-order valence-corrected chi connectivity index (χ0v) is 18.4. The molecule has 0 saturated carbocycles. The van der Waals surface area contributed by atoms with Crippen LogP contribution in [0.3, 0.4) is 0 Å². The van der Waals surface area contributed by atoms with Gasteiger partial charge in [0, 0.05) is 36.4 Å². The largest absolute Gasteiger partial charge is 0.494 e. The molecule has 0 spiro atoms. The third-order valence-corrected chi connectivity index (χ3v) is 5.07. The van der Waals surface area contributed by atoms with E-state index < -0.39 is 72.0 Å². The van der Waals surface area contributed by atoms with Crippen molar-refractivity contribution in [2.45, 2.75) is 19.7 Å². The number of aryl methyl sites for hydroxylation is 1. The second kappa shape index (κ2) is 9.42. The number of ether oxygens (including phenoxy) is 1. The van der Waals surface area contributed by atoms with Crippen molar-refractivity contribution in [3.63, 3.8) is 0 Å². The number of nitrogens with one attached hydrogen (secondary N) is 1. The van der Waals surface area contributed by atoms with Crippen molar-refractivity contribution < 1.29 is 29.4 Å². The first-order chi connectivity index (χ1) is 21.7. The van der Waals surface area contributed by atoms with Gasteiger partial charge >= 0.3 is 0 Å². The van der Waals surface area contributed by atoms with E-state index in [1.165, 1.54) is 35.4 Å². The van der Waals surface area contributed by atoms with Gasteiger partial charge in [0.1, 0.15) is 17.9 Å². The molecule has 11 nitrogen and oxygen atoms in total. The van der Waals surface area contributed by atoms with Gasteiger partial charge in [0.05, 0.1) is 46.1 Å². The molecule has 0 radical (unpaired) electrons. The van der Waals surface area contributed by atoms with E-state index in [0.717, 1.165) is 12.4 Å².